The minimum Gasteiger partial charge on any atom is -0.488 e. The van der Waals surface area contributed by atoms with E-state index in [1.807, 2.05) is 35.0 Å². The predicted octanol–water partition coefficient (Wildman–Crippen LogP) is 4.21. The lowest BCUT2D eigenvalue weighted by Gasteiger charge is -2.23. The van der Waals surface area contributed by atoms with Gasteiger partial charge in [-0.3, -0.25) is 0 Å². The Balaban J connectivity index is 1.37. The Kier molecular flexibility index (Phi) is 6.48. The summed E-state index contributed by atoms with van der Waals surface area (Å²) in [5.41, 5.74) is 3.23. The highest BCUT2D eigenvalue weighted by molar-refractivity contribution is 5.65. The topological polar surface area (TPSA) is 56.5 Å². The average molecular weight is 402 g/mol. The van der Waals surface area contributed by atoms with Crippen LogP contribution in [0.5, 0.6) is 5.75 Å². The standard InChI is InChI=1S/C25H26N2O3/c1-19(28)25-26-14-16-27(25)15-2-4-20-6-8-21(9-7-20)22-10-12-23(13-11-22)30-24-5-3-17-29-18-24/h6-14,16,19,24,28H,3,5,15,17-18H2,1H3/t19?,24-/m0/s1. The minimum atomic E-state index is -0.603. The molecule has 1 aromatic heterocycles. The third-order valence-corrected chi connectivity index (χ3v) is 5.10. The molecule has 0 saturated carbocycles. The molecule has 1 N–H and O–H groups in total. The largest absolute Gasteiger partial charge is 0.488 e. The van der Waals surface area contributed by atoms with E-state index in [0.29, 0.717) is 19.0 Å². The zero-order chi connectivity index (χ0) is 20.8. The molecule has 4 rings (SSSR count). The average Bonchev–Trinajstić information content (AvgIpc) is 3.25. The maximum Gasteiger partial charge on any atom is 0.138 e. The van der Waals surface area contributed by atoms with Crippen LogP contribution in [0.2, 0.25) is 0 Å². The molecule has 2 aromatic carbocycles. The Morgan fingerprint density at radius 3 is 2.57 bits per heavy atom. The van der Waals surface area contributed by atoms with Crippen molar-refractivity contribution in [3.8, 4) is 28.7 Å². The molecule has 2 atom stereocenters. The van der Waals surface area contributed by atoms with E-state index in [2.05, 4.69) is 41.1 Å². The number of benzene rings is 2. The fourth-order valence-corrected chi connectivity index (χ4v) is 3.52. The lowest BCUT2D eigenvalue weighted by Crippen LogP contribution is -2.27. The molecule has 0 spiro atoms. The molecule has 0 aliphatic carbocycles. The maximum atomic E-state index is 9.70. The molecular weight excluding hydrogens is 376 g/mol. The molecule has 0 amide bonds. The highest BCUT2D eigenvalue weighted by Gasteiger charge is 2.15. The van der Waals surface area contributed by atoms with Crippen LogP contribution < -0.4 is 4.74 Å². The van der Waals surface area contributed by atoms with Crippen LogP contribution >= 0.6 is 0 Å². The van der Waals surface area contributed by atoms with Gasteiger partial charge in [0.05, 0.1) is 13.2 Å². The smallest absolute Gasteiger partial charge is 0.138 e. The van der Waals surface area contributed by atoms with Gasteiger partial charge in [-0.25, -0.2) is 4.98 Å². The van der Waals surface area contributed by atoms with Crippen molar-refractivity contribution in [2.24, 2.45) is 0 Å². The van der Waals surface area contributed by atoms with Crippen molar-refractivity contribution in [2.45, 2.75) is 38.5 Å². The van der Waals surface area contributed by atoms with E-state index >= 15 is 0 Å². The van der Waals surface area contributed by atoms with Gasteiger partial charge in [0.15, 0.2) is 0 Å². The molecular formula is C25H26N2O3. The van der Waals surface area contributed by atoms with Gasteiger partial charge in [-0.05, 0) is 55.2 Å². The van der Waals surface area contributed by atoms with Gasteiger partial charge in [-0.2, -0.15) is 0 Å². The summed E-state index contributed by atoms with van der Waals surface area (Å²) in [4.78, 5) is 4.16. The first-order valence-electron chi connectivity index (χ1n) is 10.3. The van der Waals surface area contributed by atoms with E-state index in [0.717, 1.165) is 41.9 Å². The van der Waals surface area contributed by atoms with Crippen LogP contribution in [0.15, 0.2) is 60.9 Å². The number of hydrogen-bond acceptors (Lipinski definition) is 4. The summed E-state index contributed by atoms with van der Waals surface area (Å²) in [7, 11) is 0. The monoisotopic (exact) mass is 402 g/mol. The number of aliphatic hydroxyl groups is 1. The summed E-state index contributed by atoms with van der Waals surface area (Å²) in [5, 5.41) is 9.70. The normalized spacial score (nSPS) is 17.1. The van der Waals surface area contributed by atoms with Crippen LogP contribution in [0.3, 0.4) is 0 Å². The zero-order valence-corrected chi connectivity index (χ0v) is 17.1. The Morgan fingerprint density at radius 2 is 1.90 bits per heavy atom. The fourth-order valence-electron chi connectivity index (χ4n) is 3.52. The van der Waals surface area contributed by atoms with Crippen molar-refractivity contribution >= 4 is 0 Å². The van der Waals surface area contributed by atoms with Gasteiger partial charge < -0.3 is 19.1 Å². The van der Waals surface area contributed by atoms with Crippen LogP contribution in [0, 0.1) is 11.8 Å². The molecule has 1 fully saturated rings. The van der Waals surface area contributed by atoms with Crippen molar-refractivity contribution in [1.82, 2.24) is 9.55 Å². The second-order valence-corrected chi connectivity index (χ2v) is 7.45. The lowest BCUT2D eigenvalue weighted by atomic mass is 10.0. The Bertz CT molecular complexity index is 1010. The van der Waals surface area contributed by atoms with E-state index < -0.39 is 6.10 Å². The van der Waals surface area contributed by atoms with Crippen LogP contribution in [0.4, 0.5) is 0 Å². The van der Waals surface area contributed by atoms with E-state index in [1.54, 1.807) is 13.1 Å². The molecule has 5 nitrogen and oxygen atoms in total. The first-order valence-corrected chi connectivity index (χ1v) is 10.3. The van der Waals surface area contributed by atoms with Crippen LogP contribution in [0.1, 0.15) is 37.3 Å². The van der Waals surface area contributed by atoms with Crippen molar-refractivity contribution in [2.75, 3.05) is 13.2 Å². The van der Waals surface area contributed by atoms with Gasteiger partial charge in [0.1, 0.15) is 23.8 Å². The third-order valence-electron chi connectivity index (χ3n) is 5.10. The SMILES string of the molecule is CC(O)c1nccn1CC#Cc1ccc(-c2ccc(O[C@H]3CCCOC3)cc2)cc1. The summed E-state index contributed by atoms with van der Waals surface area (Å²) >= 11 is 0. The first kappa shape index (κ1) is 20.2. The Labute approximate surface area is 177 Å². The molecule has 2 heterocycles. The number of rotatable bonds is 5. The number of ether oxygens (including phenoxy) is 2. The predicted molar refractivity (Wildman–Crippen MR) is 116 cm³/mol. The number of nitrogens with zero attached hydrogens (tertiary/aromatic N) is 2. The molecule has 0 bridgehead atoms. The second-order valence-electron chi connectivity index (χ2n) is 7.45. The van der Waals surface area contributed by atoms with Crippen molar-refractivity contribution in [3.63, 3.8) is 0 Å². The molecule has 1 saturated heterocycles. The first-order chi connectivity index (χ1) is 14.7. The fraction of sp³-hybridized carbons (Fsp3) is 0.320. The van der Waals surface area contributed by atoms with Gasteiger partial charge in [0.25, 0.3) is 0 Å². The molecule has 1 aliphatic heterocycles. The Hall–Kier alpha value is -3.07. The summed E-state index contributed by atoms with van der Waals surface area (Å²) in [6, 6.07) is 16.4. The molecule has 1 aliphatic rings. The quantitative estimate of drug-likeness (QED) is 0.650. The highest BCUT2D eigenvalue weighted by atomic mass is 16.5. The third kappa shape index (κ3) is 5.10. The van der Waals surface area contributed by atoms with Gasteiger partial charge >= 0.3 is 0 Å². The number of aromatic nitrogens is 2. The summed E-state index contributed by atoms with van der Waals surface area (Å²) < 4.78 is 13.3. The van der Waals surface area contributed by atoms with E-state index in [9.17, 15) is 5.11 Å². The van der Waals surface area contributed by atoms with Gasteiger partial charge in [-0.15, -0.1) is 0 Å². The molecule has 1 unspecified atom stereocenters. The summed E-state index contributed by atoms with van der Waals surface area (Å²) in [6.07, 6.45) is 5.16. The molecule has 30 heavy (non-hydrogen) atoms. The van der Waals surface area contributed by atoms with E-state index in [-0.39, 0.29) is 6.10 Å². The van der Waals surface area contributed by atoms with Gasteiger partial charge in [-0.1, -0.05) is 36.1 Å². The number of hydrogen-bond donors (Lipinski definition) is 1. The zero-order valence-electron chi connectivity index (χ0n) is 17.1. The van der Waals surface area contributed by atoms with Crippen LogP contribution in [-0.2, 0) is 11.3 Å². The van der Waals surface area contributed by atoms with Gasteiger partial charge in [0.2, 0.25) is 0 Å². The van der Waals surface area contributed by atoms with Crippen LogP contribution in [-0.4, -0.2) is 34.0 Å². The second kappa shape index (κ2) is 9.62. The minimum absolute atomic E-state index is 0.154. The van der Waals surface area contributed by atoms with Crippen molar-refractivity contribution in [1.29, 1.82) is 0 Å². The molecule has 154 valence electrons. The molecule has 3 aromatic rings. The summed E-state index contributed by atoms with van der Waals surface area (Å²) in [6.45, 7) is 3.71. The van der Waals surface area contributed by atoms with E-state index in [1.165, 1.54) is 0 Å². The van der Waals surface area contributed by atoms with Crippen molar-refractivity contribution < 1.29 is 14.6 Å². The highest BCUT2D eigenvalue weighted by Crippen LogP contribution is 2.24. The molecule has 0 radical (unpaired) electrons. The lowest BCUT2D eigenvalue weighted by molar-refractivity contribution is 0.00744. The van der Waals surface area contributed by atoms with Gasteiger partial charge in [0, 0.05) is 24.6 Å². The molecule has 5 heteroatoms. The van der Waals surface area contributed by atoms with Crippen molar-refractivity contribution in [3.05, 3.63) is 72.3 Å². The number of aliphatic hydroxyl groups excluding tert-OH is 1. The maximum absolute atomic E-state index is 9.70. The van der Waals surface area contributed by atoms with Crippen LogP contribution in [0.25, 0.3) is 11.1 Å². The number of imidazole rings is 1. The van der Waals surface area contributed by atoms with E-state index in [4.69, 9.17) is 9.47 Å². The Morgan fingerprint density at radius 1 is 1.17 bits per heavy atom. The summed E-state index contributed by atoms with van der Waals surface area (Å²) in [5.74, 6) is 7.82.